The molecule has 2 N–H and O–H groups in total. The van der Waals surface area contributed by atoms with Gasteiger partial charge < -0.3 is 19.3 Å². The summed E-state index contributed by atoms with van der Waals surface area (Å²) >= 11 is 0. The van der Waals surface area contributed by atoms with Crippen molar-refractivity contribution in [2.24, 2.45) is 5.41 Å². The molecule has 0 saturated heterocycles. The summed E-state index contributed by atoms with van der Waals surface area (Å²) < 4.78 is 24.1. The molecule has 0 amide bonds. The van der Waals surface area contributed by atoms with Gasteiger partial charge in [0.15, 0.2) is 0 Å². The average molecular weight is 270 g/mol. The van der Waals surface area contributed by atoms with Crippen LogP contribution in [0.3, 0.4) is 0 Å². The first-order chi connectivity index (χ1) is 7.49. The molecular formula is C9H19O7P. The number of phosphoric acid groups is 1. The number of carbonyl (C=O) groups excluding carboxylic acids is 1. The molecule has 0 aromatic carbocycles. The molecule has 7 nitrogen and oxygen atoms in total. The van der Waals surface area contributed by atoms with Gasteiger partial charge in [-0.2, -0.15) is 0 Å². The van der Waals surface area contributed by atoms with Crippen LogP contribution in [-0.4, -0.2) is 35.3 Å². The smallest absolute Gasteiger partial charge is 0.434 e. The summed E-state index contributed by atoms with van der Waals surface area (Å²) in [5.41, 5.74) is -0.174. The fourth-order valence-corrected chi connectivity index (χ4v) is 1.30. The number of hydrogen-bond acceptors (Lipinski definition) is 5. The summed E-state index contributed by atoms with van der Waals surface area (Å²) in [4.78, 5) is 28.0. The maximum Gasteiger partial charge on any atom is 0.508 e. The molecule has 0 aliphatic heterocycles. The molecule has 0 aliphatic carbocycles. The van der Waals surface area contributed by atoms with Crippen molar-refractivity contribution in [1.82, 2.24) is 0 Å². The summed E-state index contributed by atoms with van der Waals surface area (Å²) in [6.45, 7) is 6.95. The van der Waals surface area contributed by atoms with Crippen LogP contribution in [0.5, 0.6) is 0 Å². The van der Waals surface area contributed by atoms with Gasteiger partial charge in [-0.05, 0) is 12.3 Å². The fourth-order valence-electron chi connectivity index (χ4n) is 0.767. The second kappa shape index (κ2) is 6.35. The van der Waals surface area contributed by atoms with Gasteiger partial charge >= 0.3 is 14.0 Å². The van der Waals surface area contributed by atoms with Gasteiger partial charge in [-0.3, -0.25) is 4.52 Å². The third-order valence-electron chi connectivity index (χ3n) is 1.38. The van der Waals surface area contributed by atoms with E-state index in [2.05, 4.69) is 9.26 Å². The Balaban J connectivity index is 3.81. The average Bonchev–Trinajstić information content (AvgIpc) is 2.07. The number of carbonyl (C=O) groups is 1. The van der Waals surface area contributed by atoms with Crippen molar-refractivity contribution < 1.29 is 33.1 Å². The van der Waals surface area contributed by atoms with Crippen molar-refractivity contribution in [3.8, 4) is 0 Å². The normalized spacial score (nSPS) is 14.2. The van der Waals surface area contributed by atoms with Crippen molar-refractivity contribution >= 4 is 14.0 Å². The maximum atomic E-state index is 11.1. The zero-order chi connectivity index (χ0) is 13.7. The van der Waals surface area contributed by atoms with Crippen molar-refractivity contribution in [1.29, 1.82) is 0 Å². The first kappa shape index (κ1) is 16.4. The molecule has 0 fully saturated rings. The summed E-state index contributed by atoms with van der Waals surface area (Å²) in [5.74, 6) is 0. The van der Waals surface area contributed by atoms with E-state index in [0.717, 1.165) is 0 Å². The number of rotatable bonds is 5. The third kappa shape index (κ3) is 11.6. The van der Waals surface area contributed by atoms with Gasteiger partial charge in [0.05, 0.1) is 6.61 Å². The van der Waals surface area contributed by atoms with Gasteiger partial charge in [0.1, 0.15) is 12.7 Å². The second-order valence-electron chi connectivity index (χ2n) is 4.82. The predicted molar refractivity (Wildman–Crippen MR) is 59.3 cm³/mol. The maximum absolute atomic E-state index is 11.1. The number of ether oxygens (including phenoxy) is 2. The van der Waals surface area contributed by atoms with Crippen LogP contribution in [0.4, 0.5) is 4.79 Å². The molecule has 17 heavy (non-hydrogen) atoms. The second-order valence-corrected chi connectivity index (χ2v) is 6.01. The highest BCUT2D eigenvalue weighted by molar-refractivity contribution is 7.46. The van der Waals surface area contributed by atoms with E-state index in [1.807, 2.05) is 20.8 Å². The summed E-state index contributed by atoms with van der Waals surface area (Å²) in [6, 6.07) is 0. The Labute approximate surface area is 100 Å². The van der Waals surface area contributed by atoms with Gasteiger partial charge in [-0.1, -0.05) is 20.8 Å². The van der Waals surface area contributed by atoms with Gasteiger partial charge in [0, 0.05) is 0 Å². The molecule has 102 valence electrons. The van der Waals surface area contributed by atoms with E-state index < -0.39 is 20.1 Å². The highest BCUT2D eigenvalue weighted by Crippen LogP contribution is 2.37. The Morgan fingerprint density at radius 3 is 2.24 bits per heavy atom. The van der Waals surface area contributed by atoms with Gasteiger partial charge in [0.25, 0.3) is 0 Å². The summed E-state index contributed by atoms with van der Waals surface area (Å²) in [5, 5.41) is 0. The van der Waals surface area contributed by atoms with Crippen LogP contribution in [0.25, 0.3) is 0 Å². The molecular weight excluding hydrogens is 251 g/mol. The van der Waals surface area contributed by atoms with E-state index in [0.29, 0.717) is 0 Å². The van der Waals surface area contributed by atoms with Gasteiger partial charge in [0.2, 0.25) is 0 Å². The van der Waals surface area contributed by atoms with Crippen LogP contribution >= 0.6 is 7.82 Å². The van der Waals surface area contributed by atoms with Gasteiger partial charge in [-0.15, -0.1) is 0 Å². The topological polar surface area (TPSA) is 102 Å². The lowest BCUT2D eigenvalue weighted by atomic mass is 9.99. The Morgan fingerprint density at radius 2 is 1.82 bits per heavy atom. The van der Waals surface area contributed by atoms with Crippen LogP contribution < -0.4 is 0 Å². The fraction of sp³-hybridized carbons (Fsp3) is 0.889. The molecule has 0 bridgehead atoms. The lowest BCUT2D eigenvalue weighted by Gasteiger charge is -2.18. The Hall–Kier alpha value is -0.620. The largest absolute Gasteiger partial charge is 0.508 e. The lowest BCUT2D eigenvalue weighted by Crippen LogP contribution is -2.22. The molecule has 0 rings (SSSR count). The van der Waals surface area contributed by atoms with E-state index in [4.69, 9.17) is 14.5 Å². The van der Waals surface area contributed by atoms with Crippen molar-refractivity contribution in [3.63, 3.8) is 0 Å². The molecule has 1 atom stereocenters. The van der Waals surface area contributed by atoms with Crippen LogP contribution in [0.15, 0.2) is 0 Å². The monoisotopic (exact) mass is 270 g/mol. The molecule has 0 heterocycles. The molecule has 0 aliphatic rings. The zero-order valence-electron chi connectivity index (χ0n) is 10.4. The zero-order valence-corrected chi connectivity index (χ0v) is 11.3. The highest BCUT2D eigenvalue weighted by atomic mass is 31.2. The Bertz CT molecular complexity index is 290. The van der Waals surface area contributed by atoms with Crippen LogP contribution in [0.1, 0.15) is 27.7 Å². The van der Waals surface area contributed by atoms with Crippen LogP contribution in [0.2, 0.25) is 0 Å². The number of phosphoric ester groups is 1. The van der Waals surface area contributed by atoms with E-state index in [-0.39, 0.29) is 18.6 Å². The first-order valence-electron chi connectivity index (χ1n) is 5.03. The van der Waals surface area contributed by atoms with E-state index >= 15 is 0 Å². The molecule has 0 aromatic rings. The first-order valence-corrected chi connectivity index (χ1v) is 6.56. The van der Waals surface area contributed by atoms with Crippen LogP contribution in [-0.2, 0) is 18.6 Å². The Kier molecular flexibility index (Phi) is 6.12. The van der Waals surface area contributed by atoms with Crippen molar-refractivity contribution in [2.75, 3.05) is 13.2 Å². The quantitative estimate of drug-likeness (QED) is 0.578. The SMILES string of the molecule is CC(COC(=O)OCC(C)(C)C)OP(=O)(O)O. The minimum absolute atomic E-state index is 0.174. The van der Waals surface area contributed by atoms with Crippen molar-refractivity contribution in [2.45, 2.75) is 33.8 Å². The predicted octanol–water partition coefficient (Wildman–Crippen LogP) is 1.68. The minimum atomic E-state index is -4.56. The van der Waals surface area contributed by atoms with Gasteiger partial charge in [-0.25, -0.2) is 9.36 Å². The molecule has 0 radical (unpaired) electrons. The number of hydrogen-bond donors (Lipinski definition) is 2. The highest BCUT2D eigenvalue weighted by Gasteiger charge is 2.21. The third-order valence-corrected chi connectivity index (χ3v) is 2.01. The van der Waals surface area contributed by atoms with Crippen molar-refractivity contribution in [3.05, 3.63) is 0 Å². The standard InChI is InChI=1S/C9H19O7P/c1-7(16-17(11,12)13)5-14-8(10)15-6-9(2,3)4/h7H,5-6H2,1-4H3,(H2,11,12,13). The van der Waals surface area contributed by atoms with E-state index in [1.54, 1.807) is 0 Å². The van der Waals surface area contributed by atoms with E-state index in [9.17, 15) is 9.36 Å². The molecule has 1 unspecified atom stereocenters. The molecule has 8 heteroatoms. The molecule has 0 saturated carbocycles. The van der Waals surface area contributed by atoms with Crippen LogP contribution in [0, 0.1) is 5.41 Å². The Morgan fingerprint density at radius 1 is 1.29 bits per heavy atom. The summed E-state index contributed by atoms with van der Waals surface area (Å²) in [6.07, 6.45) is -1.79. The molecule has 0 aromatic heterocycles. The minimum Gasteiger partial charge on any atom is -0.434 e. The molecule has 0 spiro atoms. The summed E-state index contributed by atoms with van der Waals surface area (Å²) in [7, 11) is -4.56. The lowest BCUT2D eigenvalue weighted by molar-refractivity contribution is 0.00886. The van der Waals surface area contributed by atoms with E-state index in [1.165, 1.54) is 6.92 Å².